The van der Waals surface area contributed by atoms with Gasteiger partial charge in [0.2, 0.25) is 0 Å². The summed E-state index contributed by atoms with van der Waals surface area (Å²) in [4.78, 5) is 0. The summed E-state index contributed by atoms with van der Waals surface area (Å²) in [5.41, 5.74) is 15.3. The summed E-state index contributed by atoms with van der Waals surface area (Å²) in [7, 11) is 0. The fourth-order valence-corrected chi connectivity index (χ4v) is 4.21. The summed E-state index contributed by atoms with van der Waals surface area (Å²) >= 11 is 0. The van der Waals surface area contributed by atoms with Crippen LogP contribution < -0.4 is 22.1 Å². The number of hydrogen-bond acceptors (Lipinski definition) is 4. The number of benzene rings is 1. The number of nitrogens with two attached hydrogens (primary N) is 2. The van der Waals surface area contributed by atoms with Gasteiger partial charge < -0.3 is 22.1 Å². The fraction of sp³-hybridized carbons (Fsp3) is 0.700. The van der Waals surface area contributed by atoms with E-state index >= 15 is 0 Å². The first-order valence-corrected chi connectivity index (χ1v) is 9.79. The first kappa shape index (κ1) is 17.9. The van der Waals surface area contributed by atoms with E-state index in [4.69, 9.17) is 11.5 Å². The second kappa shape index (κ2) is 8.95. The third-order valence-corrected chi connectivity index (χ3v) is 5.87. The van der Waals surface area contributed by atoms with Crippen LogP contribution in [0, 0.1) is 0 Å². The maximum absolute atomic E-state index is 6.26. The van der Waals surface area contributed by atoms with E-state index in [1.54, 1.807) is 0 Å². The minimum absolute atomic E-state index is 0.310. The van der Waals surface area contributed by atoms with E-state index in [1.807, 2.05) is 0 Å². The molecule has 0 saturated heterocycles. The smallest absolute Gasteiger partial charge is 0.0222 e. The van der Waals surface area contributed by atoms with Gasteiger partial charge in [-0.3, -0.25) is 0 Å². The Hall–Kier alpha value is -0.940. The van der Waals surface area contributed by atoms with Gasteiger partial charge in [0.25, 0.3) is 0 Å². The summed E-state index contributed by atoms with van der Waals surface area (Å²) in [6.07, 6.45) is 9.88. The lowest BCUT2D eigenvalue weighted by molar-refractivity contribution is 0.322. The molecule has 2 fully saturated rings. The highest BCUT2D eigenvalue weighted by Gasteiger charge is 2.22. The van der Waals surface area contributed by atoms with E-state index in [-0.39, 0.29) is 0 Å². The zero-order chi connectivity index (χ0) is 16.8. The third-order valence-electron chi connectivity index (χ3n) is 5.87. The van der Waals surface area contributed by atoms with Gasteiger partial charge in [0.15, 0.2) is 0 Å². The zero-order valence-electron chi connectivity index (χ0n) is 14.8. The fourth-order valence-electron chi connectivity index (χ4n) is 4.21. The Labute approximate surface area is 146 Å². The Morgan fingerprint density at radius 2 is 1.12 bits per heavy atom. The minimum atomic E-state index is 0.310. The predicted octanol–water partition coefficient (Wildman–Crippen LogP) is 2.41. The van der Waals surface area contributed by atoms with Crippen LogP contribution in [0.25, 0.3) is 0 Å². The Morgan fingerprint density at radius 1 is 0.708 bits per heavy atom. The van der Waals surface area contributed by atoms with Crippen LogP contribution in [0.4, 0.5) is 0 Å². The number of rotatable bonds is 6. The molecule has 0 radical (unpaired) electrons. The van der Waals surface area contributed by atoms with Gasteiger partial charge >= 0.3 is 0 Å². The molecule has 0 amide bonds. The van der Waals surface area contributed by atoms with Crippen LogP contribution in [0.5, 0.6) is 0 Å². The molecule has 0 aliphatic heterocycles. The molecule has 0 unspecified atom stereocenters. The van der Waals surface area contributed by atoms with Crippen molar-refractivity contribution < 1.29 is 0 Å². The molecule has 2 saturated carbocycles. The SMILES string of the molecule is N[C@@H]1CCCC[C@H]1NCc1ccccc1CN[C@@H]1CCCC[C@H]1N. The molecule has 0 bridgehead atoms. The van der Waals surface area contributed by atoms with Gasteiger partial charge in [-0.05, 0) is 36.8 Å². The van der Waals surface area contributed by atoms with Crippen molar-refractivity contribution in [2.24, 2.45) is 11.5 Å². The molecule has 0 aromatic heterocycles. The molecular weight excluding hydrogens is 296 g/mol. The lowest BCUT2D eigenvalue weighted by atomic mass is 9.90. The summed E-state index contributed by atoms with van der Waals surface area (Å²) in [5, 5.41) is 7.39. The predicted molar refractivity (Wildman–Crippen MR) is 101 cm³/mol. The first-order valence-electron chi connectivity index (χ1n) is 9.79. The van der Waals surface area contributed by atoms with E-state index < -0.39 is 0 Å². The average molecular weight is 331 g/mol. The molecule has 24 heavy (non-hydrogen) atoms. The number of nitrogens with one attached hydrogen (secondary N) is 2. The minimum Gasteiger partial charge on any atom is -0.326 e. The van der Waals surface area contributed by atoms with Crippen LogP contribution in [-0.2, 0) is 13.1 Å². The molecule has 6 N–H and O–H groups in total. The Balaban J connectivity index is 1.54. The molecule has 134 valence electrons. The summed E-state index contributed by atoms with van der Waals surface area (Å²) < 4.78 is 0. The first-order chi connectivity index (χ1) is 11.7. The molecule has 0 spiro atoms. The topological polar surface area (TPSA) is 76.1 Å². The standard InChI is InChI=1S/C20H34N4/c21-17-9-3-5-11-19(17)23-13-15-7-1-2-8-16(15)14-24-20-12-6-4-10-18(20)22/h1-2,7-8,17-20,23-24H,3-6,9-14,21-22H2/t17-,18-,19-,20-/m1/s1. The molecule has 2 aliphatic carbocycles. The van der Waals surface area contributed by atoms with E-state index in [9.17, 15) is 0 Å². The van der Waals surface area contributed by atoms with Crippen molar-refractivity contribution in [1.82, 2.24) is 10.6 Å². The normalized spacial score (nSPS) is 31.1. The highest BCUT2D eigenvalue weighted by atomic mass is 15.0. The van der Waals surface area contributed by atoms with Crippen LogP contribution in [0.2, 0.25) is 0 Å². The van der Waals surface area contributed by atoms with E-state index in [0.29, 0.717) is 24.2 Å². The summed E-state index contributed by atoms with van der Waals surface area (Å²) in [6, 6.07) is 10.3. The average Bonchev–Trinajstić information content (AvgIpc) is 2.61. The van der Waals surface area contributed by atoms with Crippen molar-refractivity contribution in [2.45, 2.75) is 88.6 Å². The zero-order valence-corrected chi connectivity index (χ0v) is 14.8. The molecule has 1 aromatic rings. The van der Waals surface area contributed by atoms with Gasteiger partial charge in [-0.15, -0.1) is 0 Å². The quantitative estimate of drug-likeness (QED) is 0.646. The lowest BCUT2D eigenvalue weighted by Gasteiger charge is -2.31. The molecular formula is C20H34N4. The van der Waals surface area contributed by atoms with Gasteiger partial charge in [0.05, 0.1) is 0 Å². The summed E-state index contributed by atoms with van der Waals surface area (Å²) in [6.45, 7) is 1.82. The van der Waals surface area contributed by atoms with E-state index in [2.05, 4.69) is 34.9 Å². The van der Waals surface area contributed by atoms with E-state index in [0.717, 1.165) is 25.9 Å². The van der Waals surface area contributed by atoms with Crippen molar-refractivity contribution in [2.75, 3.05) is 0 Å². The van der Waals surface area contributed by atoms with Crippen molar-refractivity contribution >= 4 is 0 Å². The highest BCUT2D eigenvalue weighted by Crippen LogP contribution is 2.19. The second-order valence-corrected chi connectivity index (χ2v) is 7.64. The van der Waals surface area contributed by atoms with Gasteiger partial charge in [0.1, 0.15) is 0 Å². The van der Waals surface area contributed by atoms with Crippen LogP contribution in [-0.4, -0.2) is 24.2 Å². The van der Waals surface area contributed by atoms with Gasteiger partial charge in [-0.25, -0.2) is 0 Å². The Morgan fingerprint density at radius 3 is 1.54 bits per heavy atom. The van der Waals surface area contributed by atoms with Crippen molar-refractivity contribution in [3.8, 4) is 0 Å². The highest BCUT2D eigenvalue weighted by molar-refractivity contribution is 5.27. The molecule has 1 aromatic carbocycles. The maximum atomic E-state index is 6.26. The lowest BCUT2D eigenvalue weighted by Crippen LogP contribution is -2.47. The van der Waals surface area contributed by atoms with Gasteiger partial charge in [-0.2, -0.15) is 0 Å². The second-order valence-electron chi connectivity index (χ2n) is 7.64. The molecule has 4 atom stereocenters. The monoisotopic (exact) mass is 330 g/mol. The maximum Gasteiger partial charge on any atom is 0.0222 e. The van der Waals surface area contributed by atoms with Crippen LogP contribution >= 0.6 is 0 Å². The van der Waals surface area contributed by atoms with Crippen molar-refractivity contribution in [3.63, 3.8) is 0 Å². The molecule has 2 aliphatic rings. The van der Waals surface area contributed by atoms with Gasteiger partial charge in [-0.1, -0.05) is 49.9 Å². The Bertz CT molecular complexity index is 459. The van der Waals surface area contributed by atoms with Crippen molar-refractivity contribution in [3.05, 3.63) is 35.4 Å². The van der Waals surface area contributed by atoms with Crippen molar-refractivity contribution in [1.29, 1.82) is 0 Å². The van der Waals surface area contributed by atoms with E-state index in [1.165, 1.54) is 49.7 Å². The largest absolute Gasteiger partial charge is 0.326 e. The van der Waals surface area contributed by atoms with Crippen LogP contribution in [0.1, 0.15) is 62.5 Å². The molecule has 4 heteroatoms. The summed E-state index contributed by atoms with van der Waals surface area (Å²) in [5.74, 6) is 0. The molecule has 4 nitrogen and oxygen atoms in total. The van der Waals surface area contributed by atoms with Crippen LogP contribution in [0.3, 0.4) is 0 Å². The molecule has 3 rings (SSSR count). The van der Waals surface area contributed by atoms with Gasteiger partial charge in [0, 0.05) is 37.3 Å². The van der Waals surface area contributed by atoms with Crippen LogP contribution in [0.15, 0.2) is 24.3 Å². The Kier molecular flexibility index (Phi) is 6.67. The molecule has 0 heterocycles. The third kappa shape index (κ3) is 4.79. The number of hydrogen-bond donors (Lipinski definition) is 4.